The highest BCUT2D eigenvalue weighted by molar-refractivity contribution is 5.09. The van der Waals surface area contributed by atoms with E-state index in [1.54, 1.807) is 19.3 Å². The van der Waals surface area contributed by atoms with Crippen LogP contribution in [-0.2, 0) is 0 Å². The third-order valence-electron chi connectivity index (χ3n) is 6.25. The van der Waals surface area contributed by atoms with E-state index in [4.69, 9.17) is 0 Å². The molecule has 1 heterocycles. The van der Waals surface area contributed by atoms with Crippen molar-refractivity contribution in [1.29, 1.82) is 0 Å². The predicted molar refractivity (Wildman–Crippen MR) is 74.6 cm³/mol. The van der Waals surface area contributed by atoms with Gasteiger partial charge in [0.15, 0.2) is 0 Å². The molecule has 2 heteroatoms. The summed E-state index contributed by atoms with van der Waals surface area (Å²) in [5, 5.41) is 3.68. The summed E-state index contributed by atoms with van der Waals surface area (Å²) in [5.74, 6) is 3.23. The zero-order valence-corrected chi connectivity index (χ0v) is 12.0. The maximum atomic E-state index is 3.68. The van der Waals surface area contributed by atoms with Crippen molar-refractivity contribution in [1.82, 2.24) is 10.2 Å². The van der Waals surface area contributed by atoms with Crippen LogP contribution in [0.25, 0.3) is 0 Å². The van der Waals surface area contributed by atoms with Crippen LogP contribution in [0.1, 0.15) is 52.4 Å². The average molecular weight is 248 g/mol. The van der Waals surface area contributed by atoms with E-state index in [0.29, 0.717) is 11.1 Å². The van der Waals surface area contributed by atoms with Gasteiger partial charge in [0.1, 0.15) is 0 Å². The Morgan fingerprint density at radius 1 is 0.944 bits per heavy atom. The van der Waals surface area contributed by atoms with Crippen LogP contribution in [0, 0.1) is 17.8 Å². The van der Waals surface area contributed by atoms with E-state index in [2.05, 4.69) is 24.1 Å². The second-order valence-corrected chi connectivity index (χ2v) is 8.37. The first-order valence-electron chi connectivity index (χ1n) is 8.05. The fraction of sp³-hybridized carbons (Fsp3) is 1.00. The van der Waals surface area contributed by atoms with Crippen molar-refractivity contribution in [3.05, 3.63) is 0 Å². The molecule has 0 aromatic heterocycles. The third-order valence-corrected chi connectivity index (χ3v) is 6.25. The van der Waals surface area contributed by atoms with E-state index in [-0.39, 0.29) is 0 Å². The fourth-order valence-corrected chi connectivity index (χ4v) is 6.00. The van der Waals surface area contributed by atoms with Crippen LogP contribution < -0.4 is 5.32 Å². The van der Waals surface area contributed by atoms with Crippen LogP contribution in [0.2, 0.25) is 0 Å². The molecule has 18 heavy (non-hydrogen) atoms. The number of piperazine rings is 1. The van der Waals surface area contributed by atoms with Gasteiger partial charge in [0.2, 0.25) is 0 Å². The van der Waals surface area contributed by atoms with Crippen molar-refractivity contribution in [2.24, 2.45) is 17.8 Å². The molecule has 102 valence electrons. The minimum atomic E-state index is 0.321. The first-order chi connectivity index (χ1) is 8.55. The summed E-state index contributed by atoms with van der Waals surface area (Å²) in [6, 6.07) is 0. The molecule has 5 aliphatic rings. The van der Waals surface area contributed by atoms with Crippen molar-refractivity contribution < 1.29 is 0 Å². The molecule has 4 saturated carbocycles. The van der Waals surface area contributed by atoms with E-state index in [1.807, 2.05) is 0 Å². The summed E-state index contributed by atoms with van der Waals surface area (Å²) >= 11 is 0. The third kappa shape index (κ3) is 1.76. The average Bonchev–Trinajstić information content (AvgIpc) is 2.25. The van der Waals surface area contributed by atoms with Crippen molar-refractivity contribution in [3.63, 3.8) is 0 Å². The number of rotatable bonds is 1. The number of hydrogen-bond donors (Lipinski definition) is 1. The molecule has 4 aliphatic carbocycles. The molecule has 2 nitrogen and oxygen atoms in total. The van der Waals surface area contributed by atoms with Crippen molar-refractivity contribution in [2.75, 3.05) is 19.6 Å². The van der Waals surface area contributed by atoms with Gasteiger partial charge in [0.25, 0.3) is 0 Å². The Labute approximate surface area is 111 Å². The van der Waals surface area contributed by atoms with Crippen LogP contribution in [0.4, 0.5) is 0 Å². The lowest BCUT2D eigenvalue weighted by atomic mass is 9.52. The fourth-order valence-electron chi connectivity index (χ4n) is 6.00. The van der Waals surface area contributed by atoms with E-state index in [9.17, 15) is 0 Å². The Balaban J connectivity index is 1.59. The molecule has 0 radical (unpaired) electrons. The van der Waals surface area contributed by atoms with Gasteiger partial charge in [0.05, 0.1) is 0 Å². The molecule has 5 fully saturated rings. The molecule has 1 N–H and O–H groups in total. The molecule has 5 rings (SSSR count). The molecule has 0 aromatic rings. The first kappa shape index (κ1) is 11.7. The van der Waals surface area contributed by atoms with Gasteiger partial charge in [-0.2, -0.15) is 0 Å². The highest BCUT2D eigenvalue weighted by Gasteiger charge is 2.54. The van der Waals surface area contributed by atoms with E-state index >= 15 is 0 Å². The lowest BCUT2D eigenvalue weighted by Gasteiger charge is -2.62. The molecular weight excluding hydrogens is 220 g/mol. The molecular formula is C16H28N2. The molecule has 0 amide bonds. The Kier molecular flexibility index (Phi) is 2.43. The van der Waals surface area contributed by atoms with E-state index in [0.717, 1.165) is 17.8 Å². The summed E-state index contributed by atoms with van der Waals surface area (Å²) in [5.41, 5.74) is 0.940. The number of nitrogens with one attached hydrogen (secondary N) is 1. The van der Waals surface area contributed by atoms with E-state index < -0.39 is 0 Å². The van der Waals surface area contributed by atoms with Crippen LogP contribution >= 0.6 is 0 Å². The van der Waals surface area contributed by atoms with Gasteiger partial charge in [-0.15, -0.1) is 0 Å². The second kappa shape index (κ2) is 3.73. The largest absolute Gasteiger partial charge is 0.309 e. The van der Waals surface area contributed by atoms with Crippen LogP contribution in [0.5, 0.6) is 0 Å². The monoisotopic (exact) mass is 248 g/mol. The highest BCUT2D eigenvalue weighted by Crippen LogP contribution is 2.58. The molecule has 1 saturated heterocycles. The normalized spacial score (nSPS) is 50.7. The van der Waals surface area contributed by atoms with Crippen molar-refractivity contribution in [2.45, 2.75) is 63.5 Å². The zero-order chi connectivity index (χ0) is 12.4. The summed E-state index contributed by atoms with van der Waals surface area (Å²) in [7, 11) is 0. The summed E-state index contributed by atoms with van der Waals surface area (Å²) < 4.78 is 0. The van der Waals surface area contributed by atoms with Gasteiger partial charge in [-0.05, 0) is 70.1 Å². The Morgan fingerprint density at radius 3 is 2.00 bits per heavy atom. The van der Waals surface area contributed by atoms with Crippen molar-refractivity contribution in [3.8, 4) is 0 Å². The maximum absolute atomic E-state index is 3.68. The SMILES string of the molecule is CC1(C)CN(C23CC4CC(CC(C4)C2)C3)CCN1. The van der Waals surface area contributed by atoms with Gasteiger partial charge in [0, 0.05) is 30.7 Å². The van der Waals surface area contributed by atoms with Crippen LogP contribution in [0.15, 0.2) is 0 Å². The van der Waals surface area contributed by atoms with Crippen LogP contribution in [0.3, 0.4) is 0 Å². The molecule has 0 atom stereocenters. The first-order valence-corrected chi connectivity index (χ1v) is 8.05. The summed E-state index contributed by atoms with van der Waals surface area (Å²) in [6.45, 7) is 8.49. The van der Waals surface area contributed by atoms with Gasteiger partial charge < -0.3 is 5.32 Å². The molecule has 0 unspecified atom stereocenters. The van der Waals surface area contributed by atoms with Gasteiger partial charge in [-0.3, -0.25) is 4.90 Å². The lowest BCUT2D eigenvalue weighted by Crippen LogP contribution is -2.67. The summed E-state index contributed by atoms with van der Waals surface area (Å²) in [4.78, 5) is 2.90. The van der Waals surface area contributed by atoms with Gasteiger partial charge >= 0.3 is 0 Å². The Morgan fingerprint density at radius 2 is 1.50 bits per heavy atom. The van der Waals surface area contributed by atoms with E-state index in [1.165, 1.54) is 38.9 Å². The Hall–Kier alpha value is -0.0800. The molecule has 4 bridgehead atoms. The molecule has 0 aromatic carbocycles. The molecule has 1 aliphatic heterocycles. The van der Waals surface area contributed by atoms with Gasteiger partial charge in [-0.1, -0.05) is 0 Å². The minimum absolute atomic E-state index is 0.321. The van der Waals surface area contributed by atoms with Crippen LogP contribution in [-0.4, -0.2) is 35.6 Å². The highest BCUT2D eigenvalue weighted by atomic mass is 15.3. The molecule has 0 spiro atoms. The number of hydrogen-bond acceptors (Lipinski definition) is 2. The van der Waals surface area contributed by atoms with Gasteiger partial charge in [-0.25, -0.2) is 0 Å². The van der Waals surface area contributed by atoms with Crippen molar-refractivity contribution >= 4 is 0 Å². The standard InChI is InChI=1S/C16H28N2/c1-15(2)11-18(4-3-17-15)16-8-12-5-13(9-16)7-14(6-12)10-16/h12-14,17H,3-11H2,1-2H3. The maximum Gasteiger partial charge on any atom is 0.0252 e. The quantitative estimate of drug-likeness (QED) is 0.767. The number of nitrogens with zero attached hydrogens (tertiary/aromatic N) is 1. The lowest BCUT2D eigenvalue weighted by molar-refractivity contribution is -0.102. The predicted octanol–water partition coefficient (Wildman–Crippen LogP) is 2.64. The zero-order valence-electron chi connectivity index (χ0n) is 12.0. The topological polar surface area (TPSA) is 15.3 Å². The second-order valence-electron chi connectivity index (χ2n) is 8.37. The summed E-state index contributed by atoms with van der Waals surface area (Å²) in [6.07, 6.45) is 9.26. The smallest absolute Gasteiger partial charge is 0.0252 e. The Bertz CT molecular complexity index is 312. The minimum Gasteiger partial charge on any atom is -0.309 e.